The van der Waals surface area contributed by atoms with Gasteiger partial charge in [0.15, 0.2) is 4.90 Å². The van der Waals surface area contributed by atoms with Gasteiger partial charge in [0.2, 0.25) is 0 Å². The van der Waals surface area contributed by atoms with Crippen LogP contribution in [0.4, 0.5) is 0 Å². The van der Waals surface area contributed by atoms with Crippen LogP contribution in [-0.4, -0.2) is 30.2 Å². The van der Waals surface area contributed by atoms with Crippen LogP contribution in [0.15, 0.2) is 29.2 Å². The van der Waals surface area contributed by atoms with Gasteiger partial charge in [-0.15, -0.1) is 0 Å². The monoisotopic (exact) mass is 252 g/mol. The maximum absolute atomic E-state index is 5.83. The quantitative estimate of drug-likeness (QED) is 0.816. The van der Waals surface area contributed by atoms with Crippen LogP contribution in [0.1, 0.15) is 20.8 Å². The summed E-state index contributed by atoms with van der Waals surface area (Å²) in [6.45, 7) is 8.55. The highest BCUT2D eigenvalue weighted by Crippen LogP contribution is 2.22. The fourth-order valence-corrected chi connectivity index (χ4v) is 3.89. The van der Waals surface area contributed by atoms with Gasteiger partial charge in [0.1, 0.15) is 22.9 Å². The molecule has 1 aromatic carbocycles. The molecule has 1 fully saturated rings. The third kappa shape index (κ3) is 3.93. The molecule has 1 N–H and O–H groups in total. The number of ether oxygens (including phenoxy) is 1. The molecule has 0 unspecified atom stereocenters. The highest BCUT2D eigenvalue weighted by molar-refractivity contribution is 7.97. The molecule has 0 bridgehead atoms. The highest BCUT2D eigenvalue weighted by atomic mass is 32.2. The second-order valence-electron chi connectivity index (χ2n) is 5.34. The predicted octanol–water partition coefficient (Wildman–Crippen LogP) is 2.44. The smallest absolute Gasteiger partial charge is 0.155 e. The van der Waals surface area contributed by atoms with Crippen LogP contribution < -0.4 is 10.1 Å². The molecule has 1 aliphatic heterocycles. The van der Waals surface area contributed by atoms with Crippen molar-refractivity contribution in [2.24, 2.45) is 0 Å². The Morgan fingerprint density at radius 3 is 2.18 bits per heavy atom. The molecule has 0 radical (unpaired) electrons. The summed E-state index contributed by atoms with van der Waals surface area (Å²) in [4.78, 5) is 1.48. The summed E-state index contributed by atoms with van der Waals surface area (Å²) in [7, 11) is 0.442. The van der Waals surface area contributed by atoms with Crippen LogP contribution in [0.2, 0.25) is 0 Å². The van der Waals surface area contributed by atoms with Gasteiger partial charge in [-0.05, 0) is 45.0 Å². The zero-order valence-electron chi connectivity index (χ0n) is 11.0. The zero-order valence-corrected chi connectivity index (χ0v) is 11.8. The fraction of sp³-hybridized carbons (Fsp3) is 0.571. The predicted molar refractivity (Wildman–Crippen MR) is 75.1 cm³/mol. The van der Waals surface area contributed by atoms with E-state index in [0.29, 0.717) is 10.9 Å². The van der Waals surface area contributed by atoms with Crippen molar-refractivity contribution in [2.75, 3.05) is 24.6 Å². The van der Waals surface area contributed by atoms with E-state index in [9.17, 15) is 0 Å². The van der Waals surface area contributed by atoms with Crippen LogP contribution in [0.5, 0.6) is 5.75 Å². The van der Waals surface area contributed by atoms with E-state index in [1.165, 1.54) is 16.4 Å². The Bertz CT molecular complexity index is 349. The van der Waals surface area contributed by atoms with Crippen LogP contribution in [0.3, 0.4) is 0 Å². The normalized spacial score (nSPS) is 18.1. The summed E-state index contributed by atoms with van der Waals surface area (Å²) in [5, 5.41) is 3.41. The third-order valence-electron chi connectivity index (χ3n) is 2.63. The van der Waals surface area contributed by atoms with Crippen molar-refractivity contribution in [3.8, 4) is 5.75 Å². The summed E-state index contributed by atoms with van der Waals surface area (Å²) in [5.41, 5.74) is -0.113. The Hall–Kier alpha value is -0.670. The van der Waals surface area contributed by atoms with Crippen molar-refractivity contribution in [3.63, 3.8) is 0 Å². The molecule has 0 aliphatic carbocycles. The summed E-state index contributed by atoms with van der Waals surface area (Å²) >= 11 is 0. The van der Waals surface area contributed by atoms with Gasteiger partial charge in [0, 0.05) is 24.0 Å². The van der Waals surface area contributed by atoms with E-state index >= 15 is 0 Å². The molecule has 1 aliphatic rings. The first-order chi connectivity index (χ1) is 8.04. The minimum atomic E-state index is -0.113. The first kappa shape index (κ1) is 12.8. The Balaban J connectivity index is 2.02. The first-order valence-electron chi connectivity index (χ1n) is 6.22. The van der Waals surface area contributed by atoms with E-state index in [0.717, 1.165) is 18.8 Å². The summed E-state index contributed by atoms with van der Waals surface area (Å²) < 4.78 is 5.83. The Morgan fingerprint density at radius 2 is 1.65 bits per heavy atom. The number of hydrogen-bond donors (Lipinski definition) is 1. The lowest BCUT2D eigenvalue weighted by Gasteiger charge is -2.21. The number of hydrogen-bond acceptors (Lipinski definition) is 2. The van der Waals surface area contributed by atoms with E-state index in [1.807, 2.05) is 0 Å². The van der Waals surface area contributed by atoms with E-state index in [2.05, 4.69) is 50.4 Å². The molecule has 2 rings (SSSR count). The topological polar surface area (TPSA) is 21.3 Å². The van der Waals surface area contributed by atoms with Gasteiger partial charge in [-0.1, -0.05) is 0 Å². The Kier molecular flexibility index (Phi) is 4.00. The van der Waals surface area contributed by atoms with Crippen molar-refractivity contribution < 1.29 is 4.74 Å². The average Bonchev–Trinajstić information content (AvgIpc) is 2.29. The van der Waals surface area contributed by atoms with Crippen molar-refractivity contribution in [2.45, 2.75) is 31.3 Å². The largest absolute Gasteiger partial charge is 0.488 e. The van der Waals surface area contributed by atoms with Gasteiger partial charge < -0.3 is 10.1 Å². The van der Waals surface area contributed by atoms with E-state index < -0.39 is 0 Å². The van der Waals surface area contributed by atoms with Crippen LogP contribution in [0, 0.1) is 0 Å². The van der Waals surface area contributed by atoms with Crippen LogP contribution in [0.25, 0.3) is 0 Å². The summed E-state index contributed by atoms with van der Waals surface area (Å²) in [6, 6.07) is 8.68. The third-order valence-corrected chi connectivity index (χ3v) is 4.96. The highest BCUT2D eigenvalue weighted by Gasteiger charge is 2.24. The van der Waals surface area contributed by atoms with Crippen molar-refractivity contribution in [3.05, 3.63) is 24.3 Å². The molecule has 1 aromatic rings. The number of benzene rings is 1. The van der Waals surface area contributed by atoms with Gasteiger partial charge in [-0.25, -0.2) is 0 Å². The lowest BCUT2D eigenvalue weighted by molar-refractivity contribution is 0.131. The number of rotatable bonds is 2. The molecular weight excluding hydrogens is 230 g/mol. The Morgan fingerprint density at radius 1 is 1.06 bits per heavy atom. The Labute approximate surface area is 107 Å². The van der Waals surface area contributed by atoms with Crippen molar-refractivity contribution in [1.82, 2.24) is 5.32 Å². The van der Waals surface area contributed by atoms with Gasteiger partial charge in [0.25, 0.3) is 0 Å². The SMILES string of the molecule is CC(C)(C)Oc1ccc([S+]2CCNCC2)cc1. The van der Waals surface area contributed by atoms with E-state index in [1.54, 1.807) is 0 Å². The van der Waals surface area contributed by atoms with Crippen LogP contribution in [-0.2, 0) is 10.9 Å². The van der Waals surface area contributed by atoms with Gasteiger partial charge in [-0.3, -0.25) is 0 Å². The average molecular weight is 252 g/mol. The molecule has 0 aromatic heterocycles. The van der Waals surface area contributed by atoms with E-state index in [4.69, 9.17) is 4.74 Å². The second kappa shape index (κ2) is 5.32. The van der Waals surface area contributed by atoms with E-state index in [-0.39, 0.29) is 5.60 Å². The molecule has 1 saturated heterocycles. The maximum atomic E-state index is 5.83. The van der Waals surface area contributed by atoms with Gasteiger partial charge in [0.05, 0.1) is 0 Å². The minimum absolute atomic E-state index is 0.113. The summed E-state index contributed by atoms with van der Waals surface area (Å²) in [5.74, 6) is 3.53. The van der Waals surface area contributed by atoms with Gasteiger partial charge >= 0.3 is 0 Å². The molecule has 0 spiro atoms. The molecule has 17 heavy (non-hydrogen) atoms. The number of nitrogens with one attached hydrogen (secondary N) is 1. The van der Waals surface area contributed by atoms with Crippen LogP contribution >= 0.6 is 0 Å². The maximum Gasteiger partial charge on any atom is 0.155 e. The molecule has 0 atom stereocenters. The lowest BCUT2D eigenvalue weighted by Crippen LogP contribution is -2.36. The molecule has 3 heteroatoms. The zero-order chi connectivity index (χ0) is 12.3. The molecule has 2 nitrogen and oxygen atoms in total. The van der Waals surface area contributed by atoms with Crippen molar-refractivity contribution in [1.29, 1.82) is 0 Å². The molecular formula is C14H22NOS+. The molecule has 0 saturated carbocycles. The van der Waals surface area contributed by atoms with Crippen molar-refractivity contribution >= 4 is 10.9 Å². The fourth-order valence-electron chi connectivity index (χ4n) is 1.91. The molecule has 0 amide bonds. The minimum Gasteiger partial charge on any atom is -0.488 e. The first-order valence-corrected chi connectivity index (χ1v) is 7.78. The molecule has 94 valence electrons. The summed E-state index contributed by atoms with van der Waals surface area (Å²) in [6.07, 6.45) is 0. The molecule has 1 heterocycles. The standard InChI is InChI=1S/C14H22NOS/c1-14(2,3)16-12-4-6-13(7-5-12)17-10-8-15-9-11-17/h4-7,15H,8-11H2,1-3H3/q+1. The lowest BCUT2D eigenvalue weighted by atomic mass is 10.2. The second-order valence-corrected chi connectivity index (χ2v) is 7.61. The van der Waals surface area contributed by atoms with Gasteiger partial charge in [-0.2, -0.15) is 0 Å².